The second kappa shape index (κ2) is 9.01. The van der Waals surface area contributed by atoms with Gasteiger partial charge in [-0.05, 0) is 24.8 Å². The quantitative estimate of drug-likeness (QED) is 0.501. The first-order valence-corrected chi connectivity index (χ1v) is 8.27. The van der Waals surface area contributed by atoms with Crippen molar-refractivity contribution in [1.29, 1.82) is 0 Å². The lowest BCUT2D eigenvalue weighted by Crippen LogP contribution is -2.39. The van der Waals surface area contributed by atoms with E-state index in [1.807, 2.05) is 12.1 Å². The number of hydrogen-bond acceptors (Lipinski definition) is 2. The second-order valence-corrected chi connectivity index (χ2v) is 5.86. The van der Waals surface area contributed by atoms with E-state index in [1.54, 1.807) is 0 Å². The molecular formula is C19H28O2. The van der Waals surface area contributed by atoms with E-state index in [4.69, 9.17) is 9.47 Å². The molecule has 0 amide bonds. The summed E-state index contributed by atoms with van der Waals surface area (Å²) in [5.41, 5.74) is 1.23. The summed E-state index contributed by atoms with van der Waals surface area (Å²) in [6, 6.07) is 10.4. The third-order valence-corrected chi connectivity index (χ3v) is 4.16. The van der Waals surface area contributed by atoms with Crippen molar-refractivity contribution in [2.45, 2.75) is 70.4 Å². The molecule has 2 heteroatoms. The number of rotatable bonds is 8. The molecule has 1 aliphatic heterocycles. The third-order valence-electron chi connectivity index (χ3n) is 4.16. The SMILES string of the molecule is C=C[C@H]1CC[C@@H](OCc2ccccc2)[C@@H](CCCCC)O1. The van der Waals surface area contributed by atoms with E-state index >= 15 is 0 Å². The highest BCUT2D eigenvalue weighted by atomic mass is 16.5. The van der Waals surface area contributed by atoms with E-state index < -0.39 is 0 Å². The van der Waals surface area contributed by atoms with Gasteiger partial charge >= 0.3 is 0 Å². The molecule has 0 saturated carbocycles. The lowest BCUT2D eigenvalue weighted by atomic mass is 9.96. The Balaban J connectivity index is 1.86. The summed E-state index contributed by atoms with van der Waals surface area (Å²) in [6.45, 7) is 6.78. The Labute approximate surface area is 129 Å². The van der Waals surface area contributed by atoms with Crippen molar-refractivity contribution < 1.29 is 9.47 Å². The number of unbranched alkanes of at least 4 members (excludes halogenated alkanes) is 2. The van der Waals surface area contributed by atoms with Crippen LogP contribution in [0.15, 0.2) is 43.0 Å². The second-order valence-electron chi connectivity index (χ2n) is 5.86. The minimum absolute atomic E-state index is 0.202. The van der Waals surface area contributed by atoms with Crippen LogP contribution in [0.1, 0.15) is 51.0 Å². The Hall–Kier alpha value is -1.12. The van der Waals surface area contributed by atoms with Gasteiger partial charge in [-0.25, -0.2) is 0 Å². The molecule has 0 radical (unpaired) electrons. The van der Waals surface area contributed by atoms with Gasteiger partial charge in [0.05, 0.1) is 24.9 Å². The molecule has 2 rings (SSSR count). The molecule has 116 valence electrons. The zero-order chi connectivity index (χ0) is 14.9. The maximum absolute atomic E-state index is 6.15. The highest BCUT2D eigenvalue weighted by molar-refractivity contribution is 5.13. The van der Waals surface area contributed by atoms with Gasteiger partial charge in [0, 0.05) is 0 Å². The topological polar surface area (TPSA) is 18.5 Å². The van der Waals surface area contributed by atoms with Crippen molar-refractivity contribution in [3.8, 4) is 0 Å². The summed E-state index contributed by atoms with van der Waals surface area (Å²) in [6.07, 6.45) is 9.49. The van der Waals surface area contributed by atoms with E-state index in [2.05, 4.69) is 37.8 Å². The molecule has 21 heavy (non-hydrogen) atoms. The smallest absolute Gasteiger partial charge is 0.0844 e. The van der Waals surface area contributed by atoms with Crippen LogP contribution in [0.25, 0.3) is 0 Å². The number of ether oxygens (including phenoxy) is 2. The maximum atomic E-state index is 6.15. The standard InChI is InChI=1S/C19H28O2/c1-3-5-7-12-19-18(14-13-17(4-2)21-19)20-15-16-10-8-6-9-11-16/h4,6,8-11,17-19H,2-3,5,7,12-15H2,1H3/t17-,18+,19+/m0/s1. The summed E-state index contributed by atoms with van der Waals surface area (Å²) in [5, 5.41) is 0. The van der Waals surface area contributed by atoms with Crippen LogP contribution in [0.5, 0.6) is 0 Å². The van der Waals surface area contributed by atoms with Gasteiger partial charge in [-0.1, -0.05) is 62.6 Å². The molecule has 1 saturated heterocycles. The van der Waals surface area contributed by atoms with Crippen LogP contribution in [0.2, 0.25) is 0 Å². The molecule has 1 aromatic rings. The molecule has 1 aromatic carbocycles. The van der Waals surface area contributed by atoms with Crippen LogP contribution in [-0.4, -0.2) is 18.3 Å². The Morgan fingerprint density at radius 2 is 2.05 bits per heavy atom. The third kappa shape index (κ3) is 5.29. The van der Waals surface area contributed by atoms with Crippen LogP contribution < -0.4 is 0 Å². The van der Waals surface area contributed by atoms with Crippen molar-refractivity contribution in [3.05, 3.63) is 48.6 Å². The first-order valence-electron chi connectivity index (χ1n) is 8.27. The molecule has 0 bridgehead atoms. The molecule has 1 heterocycles. The van der Waals surface area contributed by atoms with Crippen LogP contribution >= 0.6 is 0 Å². The molecular weight excluding hydrogens is 260 g/mol. The Morgan fingerprint density at radius 3 is 2.76 bits per heavy atom. The minimum atomic E-state index is 0.202. The highest BCUT2D eigenvalue weighted by Crippen LogP contribution is 2.27. The lowest BCUT2D eigenvalue weighted by molar-refractivity contribution is -0.134. The normalized spacial score (nSPS) is 25.7. The Morgan fingerprint density at radius 1 is 1.24 bits per heavy atom. The van der Waals surface area contributed by atoms with Crippen LogP contribution in [0, 0.1) is 0 Å². The first-order chi connectivity index (χ1) is 10.3. The summed E-state index contributed by atoms with van der Waals surface area (Å²) in [5.74, 6) is 0. The molecule has 0 aromatic heterocycles. The zero-order valence-corrected chi connectivity index (χ0v) is 13.2. The van der Waals surface area contributed by atoms with E-state index in [9.17, 15) is 0 Å². The van der Waals surface area contributed by atoms with Gasteiger partial charge in [0.25, 0.3) is 0 Å². The van der Waals surface area contributed by atoms with Crippen molar-refractivity contribution >= 4 is 0 Å². The zero-order valence-electron chi connectivity index (χ0n) is 13.2. The van der Waals surface area contributed by atoms with Crippen LogP contribution in [0.3, 0.4) is 0 Å². The summed E-state index contributed by atoms with van der Waals surface area (Å²) in [7, 11) is 0. The van der Waals surface area contributed by atoms with Gasteiger partial charge in [-0.2, -0.15) is 0 Å². The summed E-state index contributed by atoms with van der Waals surface area (Å²) < 4.78 is 12.3. The fourth-order valence-electron chi connectivity index (χ4n) is 2.89. The van der Waals surface area contributed by atoms with E-state index in [0.29, 0.717) is 6.61 Å². The Bertz CT molecular complexity index is 401. The van der Waals surface area contributed by atoms with Crippen molar-refractivity contribution in [2.24, 2.45) is 0 Å². The van der Waals surface area contributed by atoms with Gasteiger partial charge < -0.3 is 9.47 Å². The fraction of sp³-hybridized carbons (Fsp3) is 0.579. The number of hydrogen-bond donors (Lipinski definition) is 0. The van der Waals surface area contributed by atoms with Crippen molar-refractivity contribution in [1.82, 2.24) is 0 Å². The summed E-state index contributed by atoms with van der Waals surface area (Å²) >= 11 is 0. The minimum Gasteiger partial charge on any atom is -0.371 e. The Kier molecular flexibility index (Phi) is 6.98. The number of benzene rings is 1. The maximum Gasteiger partial charge on any atom is 0.0844 e. The largest absolute Gasteiger partial charge is 0.371 e. The van der Waals surface area contributed by atoms with Crippen LogP contribution in [0.4, 0.5) is 0 Å². The van der Waals surface area contributed by atoms with Gasteiger partial charge in [-0.3, -0.25) is 0 Å². The lowest BCUT2D eigenvalue weighted by Gasteiger charge is -2.35. The predicted octanol–water partition coefficient (Wildman–Crippen LogP) is 4.89. The molecule has 1 fully saturated rings. The molecule has 1 aliphatic rings. The average molecular weight is 288 g/mol. The molecule has 0 unspecified atom stereocenters. The van der Waals surface area contributed by atoms with Crippen molar-refractivity contribution in [2.75, 3.05) is 0 Å². The van der Waals surface area contributed by atoms with E-state index in [1.165, 1.54) is 24.8 Å². The molecule has 2 nitrogen and oxygen atoms in total. The van der Waals surface area contributed by atoms with Crippen LogP contribution in [-0.2, 0) is 16.1 Å². The summed E-state index contributed by atoms with van der Waals surface area (Å²) in [4.78, 5) is 0. The average Bonchev–Trinajstić information content (AvgIpc) is 2.54. The molecule has 0 aliphatic carbocycles. The first kappa shape index (κ1) is 16.3. The molecule has 3 atom stereocenters. The van der Waals surface area contributed by atoms with E-state index in [-0.39, 0.29) is 18.3 Å². The van der Waals surface area contributed by atoms with Gasteiger partial charge in [0.1, 0.15) is 0 Å². The van der Waals surface area contributed by atoms with Gasteiger partial charge in [0.2, 0.25) is 0 Å². The van der Waals surface area contributed by atoms with Gasteiger partial charge in [-0.15, -0.1) is 6.58 Å². The van der Waals surface area contributed by atoms with Crippen molar-refractivity contribution in [3.63, 3.8) is 0 Å². The van der Waals surface area contributed by atoms with E-state index in [0.717, 1.165) is 19.3 Å². The molecule has 0 N–H and O–H groups in total. The highest BCUT2D eigenvalue weighted by Gasteiger charge is 2.30. The monoisotopic (exact) mass is 288 g/mol. The fourth-order valence-corrected chi connectivity index (χ4v) is 2.89. The van der Waals surface area contributed by atoms with Gasteiger partial charge in [0.15, 0.2) is 0 Å². The molecule has 0 spiro atoms. The predicted molar refractivity (Wildman–Crippen MR) is 87.3 cm³/mol.